The lowest BCUT2D eigenvalue weighted by Gasteiger charge is -2.29. The van der Waals surface area contributed by atoms with Crippen LogP contribution in [0.4, 0.5) is 10.1 Å². The summed E-state index contributed by atoms with van der Waals surface area (Å²) >= 11 is 0. The lowest BCUT2D eigenvalue weighted by Crippen LogP contribution is -2.39. The van der Waals surface area contributed by atoms with Crippen molar-refractivity contribution in [2.75, 3.05) is 11.4 Å². The maximum atomic E-state index is 13.2. The summed E-state index contributed by atoms with van der Waals surface area (Å²) in [4.78, 5) is 2.19. The molecule has 1 aliphatic carbocycles. The topological polar surface area (TPSA) is 23.5 Å². The molecule has 2 atom stereocenters. The number of hydrogen-bond acceptors (Lipinski definition) is 2. The minimum absolute atomic E-state index is 0.182. The molecule has 1 saturated carbocycles. The van der Waals surface area contributed by atoms with Gasteiger partial charge in [0.1, 0.15) is 5.82 Å². The Morgan fingerprint density at radius 2 is 2.19 bits per heavy atom. The molecular weight excluding hydrogens is 205 g/mol. The normalized spacial score (nSPS) is 28.5. The highest BCUT2D eigenvalue weighted by atomic mass is 19.1. The van der Waals surface area contributed by atoms with Crippen molar-refractivity contribution >= 4 is 5.69 Å². The lowest BCUT2D eigenvalue weighted by molar-refractivity contribution is 0.161. The van der Waals surface area contributed by atoms with Crippen molar-refractivity contribution in [2.24, 2.45) is 0 Å². The molecule has 0 saturated heterocycles. The van der Waals surface area contributed by atoms with Crippen LogP contribution in [0.3, 0.4) is 0 Å². The van der Waals surface area contributed by atoms with Crippen LogP contribution >= 0.6 is 0 Å². The Morgan fingerprint density at radius 1 is 1.31 bits per heavy atom. The average Bonchev–Trinajstić information content (AvgIpc) is 2.83. The number of aliphatic hydroxyl groups excluding tert-OH is 1. The zero-order valence-electron chi connectivity index (χ0n) is 9.19. The molecular formula is C13H16FNO. The second-order valence-corrected chi connectivity index (χ2v) is 4.78. The summed E-state index contributed by atoms with van der Waals surface area (Å²) in [5.41, 5.74) is 2.20. The van der Waals surface area contributed by atoms with E-state index in [1.807, 2.05) is 6.07 Å². The fourth-order valence-corrected chi connectivity index (χ4v) is 3.01. The summed E-state index contributed by atoms with van der Waals surface area (Å²) in [7, 11) is 0. The predicted octanol–water partition coefficient (Wildman–Crippen LogP) is 2.10. The third-order valence-electron chi connectivity index (χ3n) is 3.82. The second kappa shape index (κ2) is 3.74. The van der Waals surface area contributed by atoms with E-state index < -0.39 is 0 Å². The maximum absolute atomic E-state index is 13.2. The van der Waals surface area contributed by atoms with Crippen LogP contribution < -0.4 is 4.90 Å². The van der Waals surface area contributed by atoms with E-state index in [0.29, 0.717) is 0 Å². The Hall–Kier alpha value is -1.09. The van der Waals surface area contributed by atoms with Crippen LogP contribution in [0, 0.1) is 5.82 Å². The van der Waals surface area contributed by atoms with Gasteiger partial charge in [0.05, 0.1) is 12.1 Å². The molecule has 1 aromatic rings. The van der Waals surface area contributed by atoms with E-state index >= 15 is 0 Å². The third kappa shape index (κ3) is 1.50. The summed E-state index contributed by atoms with van der Waals surface area (Å²) in [5.74, 6) is -0.182. The number of halogens is 1. The first-order valence-electron chi connectivity index (χ1n) is 5.99. The van der Waals surface area contributed by atoms with Gasteiger partial charge in [0.15, 0.2) is 0 Å². The molecule has 3 rings (SSSR count). The van der Waals surface area contributed by atoms with E-state index in [4.69, 9.17) is 0 Å². The number of fused-ring (bicyclic) bond motifs is 1. The van der Waals surface area contributed by atoms with Crippen LogP contribution in [-0.4, -0.2) is 23.8 Å². The standard InChI is InChI=1S/C13H16FNO/c14-10-5-4-9-6-7-15(12(9)8-10)11-2-1-3-13(11)16/h4-5,8,11,13,16H,1-3,6-7H2/t11-,13-/m1/s1. The minimum atomic E-state index is -0.241. The van der Waals surface area contributed by atoms with Crippen LogP contribution in [-0.2, 0) is 6.42 Å². The van der Waals surface area contributed by atoms with Gasteiger partial charge < -0.3 is 10.0 Å². The van der Waals surface area contributed by atoms with Crippen LogP contribution in [0.1, 0.15) is 24.8 Å². The van der Waals surface area contributed by atoms with Gasteiger partial charge in [0.2, 0.25) is 0 Å². The highest BCUT2D eigenvalue weighted by Crippen LogP contribution is 2.35. The highest BCUT2D eigenvalue weighted by Gasteiger charge is 2.34. The van der Waals surface area contributed by atoms with E-state index in [0.717, 1.165) is 37.9 Å². The van der Waals surface area contributed by atoms with E-state index in [1.54, 1.807) is 6.07 Å². The first kappa shape index (κ1) is 10.1. The van der Waals surface area contributed by atoms with E-state index in [1.165, 1.54) is 11.6 Å². The molecule has 0 bridgehead atoms. The zero-order chi connectivity index (χ0) is 11.1. The van der Waals surface area contributed by atoms with Crippen LogP contribution in [0.15, 0.2) is 18.2 Å². The fraction of sp³-hybridized carbons (Fsp3) is 0.538. The molecule has 1 fully saturated rings. The molecule has 1 aliphatic heterocycles. The fourth-order valence-electron chi connectivity index (χ4n) is 3.01. The summed E-state index contributed by atoms with van der Waals surface area (Å²) in [5, 5.41) is 9.91. The van der Waals surface area contributed by atoms with E-state index in [-0.39, 0.29) is 18.0 Å². The lowest BCUT2D eigenvalue weighted by atomic mass is 10.1. The van der Waals surface area contributed by atoms with Crippen molar-refractivity contribution in [2.45, 2.75) is 37.8 Å². The van der Waals surface area contributed by atoms with Crippen molar-refractivity contribution in [3.63, 3.8) is 0 Å². The van der Waals surface area contributed by atoms with Gasteiger partial charge in [-0.05, 0) is 43.4 Å². The summed E-state index contributed by atoms with van der Waals surface area (Å²) in [6.45, 7) is 0.917. The molecule has 1 N–H and O–H groups in total. The van der Waals surface area contributed by atoms with Gasteiger partial charge >= 0.3 is 0 Å². The Balaban J connectivity index is 1.93. The number of aliphatic hydroxyl groups is 1. The SMILES string of the molecule is O[C@@H]1CCC[C@H]1N1CCc2ccc(F)cc21. The molecule has 2 aliphatic rings. The van der Waals surface area contributed by atoms with Crippen LogP contribution in [0.2, 0.25) is 0 Å². The smallest absolute Gasteiger partial charge is 0.125 e. The van der Waals surface area contributed by atoms with Crippen molar-refractivity contribution in [3.8, 4) is 0 Å². The molecule has 0 spiro atoms. The molecule has 0 unspecified atom stereocenters. The van der Waals surface area contributed by atoms with Gasteiger partial charge in [0.25, 0.3) is 0 Å². The second-order valence-electron chi connectivity index (χ2n) is 4.78. The Kier molecular flexibility index (Phi) is 2.36. The molecule has 86 valence electrons. The van der Waals surface area contributed by atoms with Crippen molar-refractivity contribution < 1.29 is 9.50 Å². The van der Waals surface area contributed by atoms with Crippen molar-refractivity contribution in [1.29, 1.82) is 0 Å². The third-order valence-corrected chi connectivity index (χ3v) is 3.82. The Morgan fingerprint density at radius 3 is 2.94 bits per heavy atom. The van der Waals surface area contributed by atoms with E-state index in [9.17, 15) is 9.50 Å². The molecule has 1 aromatic carbocycles. The maximum Gasteiger partial charge on any atom is 0.125 e. The number of anilines is 1. The predicted molar refractivity (Wildman–Crippen MR) is 61.1 cm³/mol. The van der Waals surface area contributed by atoms with Gasteiger partial charge in [-0.25, -0.2) is 4.39 Å². The van der Waals surface area contributed by atoms with Gasteiger partial charge in [-0.15, -0.1) is 0 Å². The zero-order valence-corrected chi connectivity index (χ0v) is 9.19. The minimum Gasteiger partial charge on any atom is -0.391 e. The number of hydrogen-bond donors (Lipinski definition) is 1. The number of nitrogens with zero attached hydrogens (tertiary/aromatic N) is 1. The number of rotatable bonds is 1. The molecule has 0 aromatic heterocycles. The number of benzene rings is 1. The van der Waals surface area contributed by atoms with Crippen molar-refractivity contribution in [3.05, 3.63) is 29.6 Å². The largest absolute Gasteiger partial charge is 0.391 e. The average molecular weight is 221 g/mol. The highest BCUT2D eigenvalue weighted by molar-refractivity contribution is 5.59. The molecule has 0 radical (unpaired) electrons. The molecule has 1 heterocycles. The summed E-state index contributed by atoms with van der Waals surface area (Å²) in [6, 6.07) is 5.19. The Labute approximate surface area is 94.7 Å². The van der Waals surface area contributed by atoms with Gasteiger partial charge in [0, 0.05) is 12.2 Å². The summed E-state index contributed by atoms with van der Waals surface area (Å²) < 4.78 is 13.2. The Bertz CT molecular complexity index is 407. The van der Waals surface area contributed by atoms with E-state index in [2.05, 4.69) is 4.90 Å². The monoisotopic (exact) mass is 221 g/mol. The van der Waals surface area contributed by atoms with Crippen molar-refractivity contribution in [1.82, 2.24) is 0 Å². The van der Waals surface area contributed by atoms with Gasteiger partial charge in [-0.1, -0.05) is 6.07 Å². The quantitative estimate of drug-likeness (QED) is 0.785. The molecule has 0 amide bonds. The van der Waals surface area contributed by atoms with Crippen LogP contribution in [0.5, 0.6) is 0 Å². The first-order chi connectivity index (χ1) is 7.75. The molecule has 3 heteroatoms. The molecule has 2 nitrogen and oxygen atoms in total. The van der Waals surface area contributed by atoms with Crippen LogP contribution in [0.25, 0.3) is 0 Å². The van der Waals surface area contributed by atoms with Gasteiger partial charge in [-0.2, -0.15) is 0 Å². The first-order valence-corrected chi connectivity index (χ1v) is 5.99. The molecule has 16 heavy (non-hydrogen) atoms. The summed E-state index contributed by atoms with van der Waals surface area (Å²) in [6.07, 6.45) is 3.71. The van der Waals surface area contributed by atoms with Gasteiger partial charge in [-0.3, -0.25) is 0 Å².